The molecule has 0 unspecified atom stereocenters. The third-order valence-corrected chi connectivity index (χ3v) is 3.47. The molecule has 3 nitrogen and oxygen atoms in total. The molecule has 0 saturated heterocycles. The highest BCUT2D eigenvalue weighted by atomic mass is 79.9. The molecule has 5 heteroatoms. The third-order valence-electron chi connectivity index (χ3n) is 2.17. The number of aliphatic hydroxyl groups is 1. The Morgan fingerprint density at radius 3 is 2.81 bits per heavy atom. The van der Waals surface area contributed by atoms with Crippen LogP contribution in [0.25, 0.3) is 10.9 Å². The first-order valence-electron chi connectivity index (χ1n) is 4.90. The maximum atomic E-state index is 9.72. The van der Waals surface area contributed by atoms with Crippen LogP contribution in [0.2, 0.25) is 5.02 Å². The third kappa shape index (κ3) is 2.39. The first-order chi connectivity index (χ1) is 7.37. The van der Waals surface area contributed by atoms with Gasteiger partial charge in [0, 0.05) is 16.1 Å². The summed E-state index contributed by atoms with van der Waals surface area (Å²) in [4.78, 5) is 0. The van der Waals surface area contributed by atoms with Crippen molar-refractivity contribution in [3.63, 3.8) is 0 Å². The summed E-state index contributed by atoms with van der Waals surface area (Å²) in [7, 11) is 0. The summed E-state index contributed by atoms with van der Waals surface area (Å²) in [6, 6.07) is 3.76. The van der Waals surface area contributed by atoms with Crippen molar-refractivity contribution < 1.29 is 5.11 Å². The van der Waals surface area contributed by atoms with Gasteiger partial charge >= 0.3 is 0 Å². The van der Waals surface area contributed by atoms with Crippen molar-refractivity contribution >= 4 is 38.4 Å². The fraction of sp³-hybridized carbons (Fsp3) is 0.364. The number of nitrogens with zero attached hydrogens (tertiary/aromatic N) is 2. The molecule has 0 spiro atoms. The van der Waals surface area contributed by atoms with Crippen LogP contribution in [0.5, 0.6) is 0 Å². The molecule has 0 atom stereocenters. The predicted octanol–water partition coefficient (Wildman–Crippen LogP) is 3.22. The molecule has 1 heterocycles. The maximum Gasteiger partial charge on any atom is 0.0939 e. The molecule has 2 aromatic rings. The van der Waals surface area contributed by atoms with Gasteiger partial charge in [-0.3, -0.25) is 4.68 Å². The average molecular weight is 304 g/mol. The van der Waals surface area contributed by atoms with Crippen LogP contribution in [0, 0.1) is 0 Å². The van der Waals surface area contributed by atoms with Crippen LogP contribution in [-0.2, 0) is 6.54 Å². The second-order valence-corrected chi connectivity index (χ2v) is 5.67. The van der Waals surface area contributed by atoms with Gasteiger partial charge in [-0.05, 0) is 41.9 Å². The zero-order chi connectivity index (χ0) is 11.9. The van der Waals surface area contributed by atoms with Crippen LogP contribution in [-0.4, -0.2) is 20.5 Å². The molecule has 2 rings (SSSR count). The van der Waals surface area contributed by atoms with Gasteiger partial charge in [0.05, 0.1) is 22.7 Å². The highest BCUT2D eigenvalue weighted by Gasteiger charge is 2.15. The minimum absolute atomic E-state index is 0.440. The lowest BCUT2D eigenvalue weighted by Crippen LogP contribution is -2.26. The highest BCUT2D eigenvalue weighted by molar-refractivity contribution is 9.10. The molecule has 1 aromatic heterocycles. The zero-order valence-electron chi connectivity index (χ0n) is 9.04. The van der Waals surface area contributed by atoms with E-state index in [2.05, 4.69) is 21.0 Å². The number of rotatable bonds is 2. The Hall–Kier alpha value is -0.580. The van der Waals surface area contributed by atoms with Gasteiger partial charge in [0.1, 0.15) is 0 Å². The number of fused-ring (bicyclic) bond motifs is 1. The summed E-state index contributed by atoms with van der Waals surface area (Å²) in [5, 5.41) is 15.6. The fourth-order valence-electron chi connectivity index (χ4n) is 1.56. The van der Waals surface area contributed by atoms with Gasteiger partial charge in [-0.25, -0.2) is 0 Å². The van der Waals surface area contributed by atoms with E-state index in [4.69, 9.17) is 11.6 Å². The Kier molecular flexibility index (Phi) is 2.99. The standard InChI is InChI=1S/C11H12BrClN2O/c1-11(2,16)6-15-5-7-9(14-15)4-3-8(12)10(7)13/h3-5,16H,6H2,1-2H3. The number of aromatic nitrogens is 2. The molecule has 0 aliphatic heterocycles. The van der Waals surface area contributed by atoms with Gasteiger partial charge in [-0.15, -0.1) is 0 Å². The smallest absolute Gasteiger partial charge is 0.0939 e. The number of benzene rings is 1. The normalized spacial score (nSPS) is 12.3. The van der Waals surface area contributed by atoms with E-state index in [1.54, 1.807) is 18.5 Å². The first-order valence-corrected chi connectivity index (χ1v) is 6.07. The Morgan fingerprint density at radius 2 is 2.19 bits per heavy atom. The molecule has 0 aliphatic carbocycles. The summed E-state index contributed by atoms with van der Waals surface area (Å²) < 4.78 is 2.56. The van der Waals surface area contributed by atoms with Crippen molar-refractivity contribution in [1.29, 1.82) is 0 Å². The monoisotopic (exact) mass is 302 g/mol. The molecule has 0 saturated carbocycles. The molecule has 0 amide bonds. The summed E-state index contributed by atoms with van der Waals surface area (Å²) in [5.41, 5.74) is 0.0450. The zero-order valence-corrected chi connectivity index (χ0v) is 11.4. The summed E-state index contributed by atoms with van der Waals surface area (Å²) in [5.74, 6) is 0. The molecule has 1 N–H and O–H groups in total. The summed E-state index contributed by atoms with van der Waals surface area (Å²) in [6.45, 7) is 3.93. The van der Waals surface area contributed by atoms with Crippen LogP contribution in [0.15, 0.2) is 22.8 Å². The van der Waals surface area contributed by atoms with Crippen molar-refractivity contribution in [2.24, 2.45) is 0 Å². The van der Waals surface area contributed by atoms with Crippen LogP contribution in [0.3, 0.4) is 0 Å². The van der Waals surface area contributed by atoms with Crippen molar-refractivity contribution in [2.45, 2.75) is 26.0 Å². The number of halogens is 2. The summed E-state index contributed by atoms with van der Waals surface area (Å²) >= 11 is 9.52. The van der Waals surface area contributed by atoms with Crippen LogP contribution < -0.4 is 0 Å². The summed E-state index contributed by atoms with van der Waals surface area (Å²) in [6.07, 6.45) is 1.85. The molecule has 0 aliphatic rings. The second-order valence-electron chi connectivity index (χ2n) is 4.43. The van der Waals surface area contributed by atoms with Gasteiger partial charge in [0.15, 0.2) is 0 Å². The van der Waals surface area contributed by atoms with E-state index in [9.17, 15) is 5.11 Å². The Bertz CT molecular complexity index is 530. The SMILES string of the molecule is CC(C)(O)Cn1cc2c(Cl)c(Br)ccc2n1. The van der Waals surface area contributed by atoms with Crippen molar-refractivity contribution in [3.05, 3.63) is 27.8 Å². The molecule has 0 fully saturated rings. The van der Waals surface area contributed by atoms with Crippen LogP contribution in [0.1, 0.15) is 13.8 Å². The molecule has 0 radical (unpaired) electrons. The second kappa shape index (κ2) is 4.02. The van der Waals surface area contributed by atoms with Gasteiger partial charge < -0.3 is 5.11 Å². The largest absolute Gasteiger partial charge is 0.389 e. The van der Waals surface area contributed by atoms with Gasteiger partial charge in [-0.1, -0.05) is 11.6 Å². The van der Waals surface area contributed by atoms with Gasteiger partial charge in [0.2, 0.25) is 0 Å². The van der Waals surface area contributed by atoms with Crippen molar-refractivity contribution in [3.8, 4) is 0 Å². The molecule has 86 valence electrons. The Labute approximate surface area is 107 Å². The van der Waals surface area contributed by atoms with E-state index >= 15 is 0 Å². The maximum absolute atomic E-state index is 9.72. The number of hydrogen-bond acceptors (Lipinski definition) is 2. The Morgan fingerprint density at radius 1 is 1.50 bits per heavy atom. The van der Waals surface area contributed by atoms with Gasteiger partial charge in [-0.2, -0.15) is 5.10 Å². The van der Waals surface area contributed by atoms with Crippen molar-refractivity contribution in [1.82, 2.24) is 9.78 Å². The van der Waals surface area contributed by atoms with E-state index in [-0.39, 0.29) is 0 Å². The van der Waals surface area contributed by atoms with E-state index in [1.807, 2.05) is 18.3 Å². The van der Waals surface area contributed by atoms with Gasteiger partial charge in [0.25, 0.3) is 0 Å². The minimum Gasteiger partial charge on any atom is -0.389 e. The highest BCUT2D eigenvalue weighted by Crippen LogP contribution is 2.30. The van der Waals surface area contributed by atoms with E-state index in [0.29, 0.717) is 11.6 Å². The first kappa shape index (κ1) is 11.9. The quantitative estimate of drug-likeness (QED) is 0.925. The predicted molar refractivity (Wildman–Crippen MR) is 68.7 cm³/mol. The molecule has 1 aromatic carbocycles. The lowest BCUT2D eigenvalue weighted by Gasteiger charge is -2.16. The lowest BCUT2D eigenvalue weighted by molar-refractivity contribution is 0.0580. The van der Waals surface area contributed by atoms with Crippen molar-refractivity contribution in [2.75, 3.05) is 0 Å². The Balaban J connectivity index is 2.48. The van der Waals surface area contributed by atoms with E-state index in [0.717, 1.165) is 15.4 Å². The fourth-order valence-corrected chi connectivity index (χ4v) is 2.11. The van der Waals surface area contributed by atoms with Crippen LogP contribution >= 0.6 is 27.5 Å². The number of hydrogen-bond donors (Lipinski definition) is 1. The molecule has 0 bridgehead atoms. The van der Waals surface area contributed by atoms with E-state index < -0.39 is 5.60 Å². The minimum atomic E-state index is -0.786. The van der Waals surface area contributed by atoms with Crippen LogP contribution in [0.4, 0.5) is 0 Å². The van der Waals surface area contributed by atoms with E-state index in [1.165, 1.54) is 0 Å². The molecule has 16 heavy (non-hydrogen) atoms. The molecular weight excluding hydrogens is 291 g/mol. The average Bonchev–Trinajstić information content (AvgIpc) is 2.52. The molecular formula is C11H12BrClN2O. The topological polar surface area (TPSA) is 38.0 Å². The lowest BCUT2D eigenvalue weighted by atomic mass is 10.1.